The zero-order valence-corrected chi connectivity index (χ0v) is 20.2. The number of para-hydroxylation sites is 2. The van der Waals surface area contributed by atoms with Gasteiger partial charge in [0.15, 0.2) is 11.5 Å². The van der Waals surface area contributed by atoms with Gasteiger partial charge in [-0.1, -0.05) is 36.4 Å². The Hall–Kier alpha value is -4.92. The van der Waals surface area contributed by atoms with Crippen LogP contribution < -0.4 is 9.47 Å². The van der Waals surface area contributed by atoms with Gasteiger partial charge in [-0.3, -0.25) is 0 Å². The van der Waals surface area contributed by atoms with Crippen LogP contribution in [0.3, 0.4) is 0 Å². The van der Waals surface area contributed by atoms with Crippen LogP contribution in [0.1, 0.15) is 39.9 Å². The number of hydrogen-bond donors (Lipinski definition) is 0. The molecule has 0 saturated carbocycles. The number of aryl methyl sites for hydroxylation is 2. The molecule has 0 aliphatic carbocycles. The summed E-state index contributed by atoms with van der Waals surface area (Å²) in [6.07, 6.45) is 3.28. The van der Waals surface area contributed by atoms with Gasteiger partial charge in [0.2, 0.25) is 11.8 Å². The largest absolute Gasteiger partial charge is 0.485 e. The molecule has 2 aromatic carbocycles. The van der Waals surface area contributed by atoms with Crippen LogP contribution in [0.15, 0.2) is 83.7 Å². The summed E-state index contributed by atoms with van der Waals surface area (Å²) in [6.45, 7) is 4.21. The predicted octanol–water partition coefficient (Wildman–Crippen LogP) is 5.38. The minimum absolute atomic E-state index is 0.226. The zero-order valence-electron chi connectivity index (χ0n) is 20.2. The summed E-state index contributed by atoms with van der Waals surface area (Å²) in [6, 6.07) is 21.6. The van der Waals surface area contributed by atoms with Crippen molar-refractivity contribution in [2.24, 2.45) is 0 Å². The fraction of sp³-hybridized carbons (Fsp3) is 0.143. The fourth-order valence-corrected chi connectivity index (χ4v) is 4.83. The Balaban J connectivity index is 1.36. The van der Waals surface area contributed by atoms with Gasteiger partial charge in [0.1, 0.15) is 24.4 Å². The molecule has 9 nitrogen and oxygen atoms in total. The SMILES string of the molecule is Cc1ccccc1OCc1nc2c3c(ncn2n1)Oc1c(c(C)nn1-c1ccccc1)[C@@H]3c1ccco1. The van der Waals surface area contributed by atoms with Gasteiger partial charge in [0, 0.05) is 0 Å². The van der Waals surface area contributed by atoms with Crippen LogP contribution in [-0.2, 0) is 6.61 Å². The number of hydrogen-bond acceptors (Lipinski definition) is 7. The van der Waals surface area contributed by atoms with Crippen LogP contribution in [-0.4, -0.2) is 29.4 Å². The molecule has 9 heteroatoms. The Labute approximate surface area is 211 Å². The topological polar surface area (TPSA) is 92.5 Å². The Morgan fingerprint density at radius 2 is 1.76 bits per heavy atom. The summed E-state index contributed by atoms with van der Waals surface area (Å²) in [4.78, 5) is 9.45. The highest BCUT2D eigenvalue weighted by atomic mass is 16.5. The van der Waals surface area contributed by atoms with E-state index in [9.17, 15) is 0 Å². The van der Waals surface area contributed by atoms with E-state index in [0.29, 0.717) is 23.2 Å². The number of fused-ring (bicyclic) bond motifs is 4. The van der Waals surface area contributed by atoms with Gasteiger partial charge in [0.05, 0.1) is 34.7 Å². The number of nitrogens with zero attached hydrogens (tertiary/aromatic N) is 6. The number of aromatic nitrogens is 6. The first kappa shape index (κ1) is 21.4. The zero-order chi connectivity index (χ0) is 24.9. The van der Waals surface area contributed by atoms with E-state index in [4.69, 9.17) is 24.0 Å². The van der Waals surface area contributed by atoms with E-state index in [2.05, 4.69) is 10.1 Å². The van der Waals surface area contributed by atoms with Crippen molar-refractivity contribution in [2.75, 3.05) is 0 Å². The number of benzene rings is 2. The van der Waals surface area contributed by atoms with Crippen LogP contribution in [0.25, 0.3) is 11.3 Å². The number of rotatable bonds is 5. The third-order valence-corrected chi connectivity index (χ3v) is 6.54. The third-order valence-electron chi connectivity index (χ3n) is 6.54. The number of furan rings is 1. The second-order valence-corrected chi connectivity index (χ2v) is 8.92. The summed E-state index contributed by atoms with van der Waals surface area (Å²) in [5.41, 5.74) is 5.09. The van der Waals surface area contributed by atoms with E-state index in [1.807, 2.05) is 80.6 Å². The van der Waals surface area contributed by atoms with E-state index in [1.54, 1.807) is 21.8 Å². The monoisotopic (exact) mass is 490 g/mol. The second kappa shape index (κ2) is 8.34. The molecular weight excluding hydrogens is 468 g/mol. The maximum absolute atomic E-state index is 6.41. The van der Waals surface area contributed by atoms with Gasteiger partial charge in [-0.2, -0.15) is 5.10 Å². The summed E-state index contributed by atoms with van der Waals surface area (Å²) >= 11 is 0. The van der Waals surface area contributed by atoms with Gasteiger partial charge in [-0.25, -0.2) is 19.2 Å². The minimum Gasteiger partial charge on any atom is -0.485 e. The van der Waals surface area contributed by atoms with E-state index in [0.717, 1.165) is 39.6 Å². The quantitative estimate of drug-likeness (QED) is 0.320. The number of ether oxygens (including phenoxy) is 2. The van der Waals surface area contributed by atoms with Crippen molar-refractivity contribution in [3.63, 3.8) is 0 Å². The molecule has 0 amide bonds. The molecule has 1 aliphatic heterocycles. The molecule has 0 N–H and O–H groups in total. The standard InChI is InChI=1S/C28H22N6O3/c1-17-9-6-7-12-20(17)36-15-22-30-26-25-24(21-13-8-14-35-21)23-18(2)31-34(19-10-4-3-5-11-19)28(23)37-27(25)29-16-33(26)32-22/h3-14,16,24H,15H2,1-2H3/t24-/m0/s1. The lowest BCUT2D eigenvalue weighted by atomic mass is 9.88. The summed E-state index contributed by atoms with van der Waals surface area (Å²) in [7, 11) is 0. The van der Waals surface area contributed by atoms with Crippen molar-refractivity contribution < 1.29 is 13.9 Å². The molecule has 0 fully saturated rings. The molecule has 0 bridgehead atoms. The highest BCUT2D eigenvalue weighted by molar-refractivity contribution is 5.65. The van der Waals surface area contributed by atoms with Crippen molar-refractivity contribution in [1.29, 1.82) is 0 Å². The Morgan fingerprint density at radius 1 is 0.919 bits per heavy atom. The summed E-state index contributed by atoms with van der Waals surface area (Å²) in [5.74, 6) is 2.81. The van der Waals surface area contributed by atoms with Crippen molar-refractivity contribution in [1.82, 2.24) is 29.4 Å². The molecule has 4 aromatic heterocycles. The van der Waals surface area contributed by atoms with Crippen molar-refractivity contribution in [3.8, 4) is 23.2 Å². The van der Waals surface area contributed by atoms with Crippen molar-refractivity contribution in [3.05, 3.63) is 113 Å². The van der Waals surface area contributed by atoms with E-state index >= 15 is 0 Å². The lowest BCUT2D eigenvalue weighted by molar-refractivity contribution is 0.294. The summed E-state index contributed by atoms with van der Waals surface area (Å²) in [5, 5.41) is 9.45. The van der Waals surface area contributed by atoms with Crippen LogP contribution in [0.2, 0.25) is 0 Å². The molecule has 182 valence electrons. The lowest BCUT2D eigenvalue weighted by Gasteiger charge is -2.24. The normalized spacial score (nSPS) is 14.3. The molecule has 37 heavy (non-hydrogen) atoms. The molecule has 1 aliphatic rings. The predicted molar refractivity (Wildman–Crippen MR) is 134 cm³/mol. The highest BCUT2D eigenvalue weighted by Crippen LogP contribution is 2.49. The molecule has 7 rings (SSSR count). The van der Waals surface area contributed by atoms with E-state index in [1.165, 1.54) is 0 Å². The maximum Gasteiger partial charge on any atom is 0.230 e. The van der Waals surface area contributed by atoms with Gasteiger partial charge in [-0.15, -0.1) is 5.10 Å². The smallest absolute Gasteiger partial charge is 0.230 e. The Kier molecular flexibility index (Phi) is 4.81. The minimum atomic E-state index is -0.322. The molecule has 0 unspecified atom stereocenters. The van der Waals surface area contributed by atoms with Crippen LogP contribution in [0.5, 0.6) is 17.5 Å². The van der Waals surface area contributed by atoms with Crippen LogP contribution in [0, 0.1) is 13.8 Å². The first-order chi connectivity index (χ1) is 18.2. The average Bonchev–Trinajstić information content (AvgIpc) is 3.67. The first-order valence-corrected chi connectivity index (χ1v) is 12.0. The Morgan fingerprint density at radius 3 is 2.57 bits per heavy atom. The van der Waals surface area contributed by atoms with E-state index in [-0.39, 0.29) is 12.5 Å². The summed E-state index contributed by atoms with van der Waals surface area (Å²) < 4.78 is 21.8. The van der Waals surface area contributed by atoms with Gasteiger partial charge < -0.3 is 13.9 Å². The second-order valence-electron chi connectivity index (χ2n) is 8.92. The van der Waals surface area contributed by atoms with Crippen LogP contribution in [0.4, 0.5) is 0 Å². The maximum atomic E-state index is 6.41. The molecule has 6 aromatic rings. The van der Waals surface area contributed by atoms with Gasteiger partial charge >= 0.3 is 0 Å². The average molecular weight is 491 g/mol. The third kappa shape index (κ3) is 3.47. The Bertz CT molecular complexity index is 1740. The fourth-order valence-electron chi connectivity index (χ4n) is 4.83. The van der Waals surface area contributed by atoms with Crippen LogP contribution >= 0.6 is 0 Å². The van der Waals surface area contributed by atoms with Crippen molar-refractivity contribution in [2.45, 2.75) is 26.4 Å². The lowest BCUT2D eigenvalue weighted by Crippen LogP contribution is -2.15. The van der Waals surface area contributed by atoms with Crippen molar-refractivity contribution >= 4 is 5.65 Å². The molecule has 0 saturated heterocycles. The molecule has 5 heterocycles. The molecule has 1 atom stereocenters. The van der Waals surface area contributed by atoms with Gasteiger partial charge in [-0.05, 0) is 49.7 Å². The highest BCUT2D eigenvalue weighted by Gasteiger charge is 2.39. The first-order valence-electron chi connectivity index (χ1n) is 12.0. The van der Waals surface area contributed by atoms with E-state index < -0.39 is 0 Å². The molecule has 0 spiro atoms. The molecule has 0 radical (unpaired) electrons. The van der Waals surface area contributed by atoms with Gasteiger partial charge in [0.25, 0.3) is 0 Å². The molecular formula is C28H22N6O3.